The first kappa shape index (κ1) is 35.2. The van der Waals surface area contributed by atoms with Crippen LogP contribution in [0.1, 0.15) is 0 Å². The number of nitrogens with zero attached hydrogens (tertiary/aromatic N) is 5. The molecule has 6 heteroatoms. The molecular weight excluding hydrogens is 771 g/mol. The average Bonchev–Trinajstić information content (AvgIpc) is 4.01. The van der Waals surface area contributed by atoms with Gasteiger partial charge >= 0.3 is 0 Å². The second-order valence-corrected chi connectivity index (χ2v) is 16.0. The minimum atomic E-state index is 0.570. The van der Waals surface area contributed by atoms with Crippen molar-refractivity contribution in [1.82, 2.24) is 24.1 Å². The summed E-state index contributed by atoms with van der Waals surface area (Å²) in [5.41, 5.74) is 13.1. The van der Waals surface area contributed by atoms with Crippen LogP contribution in [0.3, 0.4) is 0 Å². The summed E-state index contributed by atoms with van der Waals surface area (Å²) in [7, 11) is 0. The smallest absolute Gasteiger partial charge is 0.164 e. The third kappa shape index (κ3) is 5.69. The van der Waals surface area contributed by atoms with Crippen molar-refractivity contribution in [1.29, 1.82) is 0 Å². The summed E-state index contributed by atoms with van der Waals surface area (Å²) in [5.74, 6) is 1.74. The van der Waals surface area contributed by atoms with Crippen molar-refractivity contribution in [3.8, 4) is 56.7 Å². The number of rotatable bonds is 6. The molecule has 0 aliphatic heterocycles. The van der Waals surface area contributed by atoms with Crippen LogP contribution in [-0.4, -0.2) is 24.1 Å². The molecule has 13 rings (SSSR count). The Bertz CT molecular complexity index is 3860. The second-order valence-electron chi connectivity index (χ2n) is 16.0. The number of hydrogen-bond donors (Lipinski definition) is 0. The van der Waals surface area contributed by atoms with Crippen molar-refractivity contribution >= 4 is 65.6 Å². The van der Waals surface area contributed by atoms with E-state index in [9.17, 15) is 0 Å². The van der Waals surface area contributed by atoms with Crippen molar-refractivity contribution < 1.29 is 4.42 Å². The molecule has 294 valence electrons. The van der Waals surface area contributed by atoms with Crippen LogP contribution in [-0.2, 0) is 0 Å². The summed E-state index contributed by atoms with van der Waals surface area (Å²) in [6.07, 6.45) is 0. The molecule has 0 bridgehead atoms. The fourth-order valence-electron chi connectivity index (χ4n) is 9.46. The standard InChI is InChI=1S/C57H35N5O/c1-3-15-36(16-4-1)39-31-40(57-59-55(37-17-5-2-6-18-37)58-56(60-57)38-27-29-48-47-22-10-14-26-53(47)63-54(48)34-38)33-42(32-39)62-51-25-13-9-21-45(51)46-30-28-41(35-52(46)62)61-49-23-11-7-19-43(49)44-20-8-12-24-50(44)61/h1-35H. The Labute approximate surface area is 361 Å². The molecule has 13 aromatic rings. The van der Waals surface area contributed by atoms with Gasteiger partial charge in [-0.3, -0.25) is 0 Å². The first-order valence-electron chi connectivity index (χ1n) is 21.2. The lowest BCUT2D eigenvalue weighted by atomic mass is 10.0. The summed E-state index contributed by atoms with van der Waals surface area (Å²) in [5, 5.41) is 6.97. The molecule has 63 heavy (non-hydrogen) atoms. The molecule has 4 heterocycles. The Hall–Kier alpha value is -8.61. The van der Waals surface area contributed by atoms with Gasteiger partial charge in [0, 0.05) is 60.4 Å². The molecule has 0 amide bonds. The second kappa shape index (κ2) is 14.0. The van der Waals surface area contributed by atoms with Gasteiger partial charge in [0.05, 0.1) is 22.1 Å². The minimum Gasteiger partial charge on any atom is -0.456 e. The highest BCUT2D eigenvalue weighted by atomic mass is 16.3. The monoisotopic (exact) mass is 805 g/mol. The van der Waals surface area contributed by atoms with Crippen LogP contribution in [0, 0.1) is 0 Å². The van der Waals surface area contributed by atoms with Gasteiger partial charge in [-0.05, 0) is 77.9 Å². The normalized spacial score (nSPS) is 11.8. The lowest BCUT2D eigenvalue weighted by molar-refractivity contribution is 0.669. The summed E-state index contributed by atoms with van der Waals surface area (Å²) < 4.78 is 11.1. The quantitative estimate of drug-likeness (QED) is 0.168. The van der Waals surface area contributed by atoms with Gasteiger partial charge in [0.2, 0.25) is 0 Å². The molecule has 0 spiro atoms. The van der Waals surface area contributed by atoms with Crippen molar-refractivity contribution in [2.45, 2.75) is 0 Å². The number of benzene rings is 9. The summed E-state index contributed by atoms with van der Waals surface area (Å²) in [6.45, 7) is 0. The van der Waals surface area contributed by atoms with Crippen molar-refractivity contribution in [3.63, 3.8) is 0 Å². The van der Waals surface area contributed by atoms with Crippen LogP contribution in [0.25, 0.3) is 122 Å². The highest BCUT2D eigenvalue weighted by molar-refractivity contribution is 6.12. The summed E-state index contributed by atoms with van der Waals surface area (Å²) >= 11 is 0. The molecule has 0 N–H and O–H groups in total. The van der Waals surface area contributed by atoms with Gasteiger partial charge in [0.1, 0.15) is 11.2 Å². The molecule has 0 radical (unpaired) electrons. The third-order valence-electron chi connectivity index (χ3n) is 12.3. The Morgan fingerprint density at radius 3 is 1.41 bits per heavy atom. The maximum atomic E-state index is 6.34. The van der Waals surface area contributed by atoms with E-state index in [1.807, 2.05) is 54.6 Å². The molecule has 0 saturated heterocycles. The molecule has 0 fully saturated rings. The van der Waals surface area contributed by atoms with Gasteiger partial charge in [0.25, 0.3) is 0 Å². The van der Waals surface area contributed by atoms with Crippen molar-refractivity contribution in [3.05, 3.63) is 212 Å². The summed E-state index contributed by atoms with van der Waals surface area (Å²) in [4.78, 5) is 15.6. The first-order chi connectivity index (χ1) is 31.2. The first-order valence-corrected chi connectivity index (χ1v) is 21.2. The van der Waals surface area contributed by atoms with Gasteiger partial charge in [-0.15, -0.1) is 0 Å². The van der Waals surface area contributed by atoms with Crippen LogP contribution >= 0.6 is 0 Å². The van der Waals surface area contributed by atoms with E-state index in [1.165, 1.54) is 32.6 Å². The highest BCUT2D eigenvalue weighted by Gasteiger charge is 2.20. The van der Waals surface area contributed by atoms with Gasteiger partial charge in [0.15, 0.2) is 17.5 Å². The van der Waals surface area contributed by atoms with E-state index in [2.05, 4.69) is 167 Å². The zero-order valence-corrected chi connectivity index (χ0v) is 33.9. The largest absolute Gasteiger partial charge is 0.456 e. The Morgan fingerprint density at radius 1 is 0.270 bits per heavy atom. The topological polar surface area (TPSA) is 61.7 Å². The number of furan rings is 1. The molecule has 6 nitrogen and oxygen atoms in total. The maximum Gasteiger partial charge on any atom is 0.164 e. The van der Waals surface area contributed by atoms with Crippen molar-refractivity contribution in [2.24, 2.45) is 0 Å². The molecule has 0 aliphatic rings. The molecular formula is C57H35N5O. The lowest BCUT2D eigenvalue weighted by Gasteiger charge is -2.15. The zero-order valence-electron chi connectivity index (χ0n) is 33.9. The Morgan fingerprint density at radius 2 is 0.746 bits per heavy atom. The number of fused-ring (bicyclic) bond motifs is 9. The SMILES string of the molecule is c1ccc(-c2cc(-c3nc(-c4ccccc4)nc(-c4ccc5c(c4)oc4ccccc45)n3)cc(-n3c4ccccc4c4ccc(-n5c6ccccc6c6ccccc65)cc43)c2)cc1. The van der Waals surface area contributed by atoms with Crippen LogP contribution in [0.15, 0.2) is 217 Å². The third-order valence-corrected chi connectivity index (χ3v) is 12.3. The van der Waals surface area contributed by atoms with Gasteiger partial charge in [-0.1, -0.05) is 146 Å². The van der Waals surface area contributed by atoms with Crippen LogP contribution < -0.4 is 0 Å². The summed E-state index contributed by atoms with van der Waals surface area (Å²) in [6, 6.07) is 74.6. The molecule has 0 saturated carbocycles. The number of hydrogen-bond acceptors (Lipinski definition) is 4. The fraction of sp³-hybridized carbons (Fsp3) is 0. The van der Waals surface area contributed by atoms with E-state index >= 15 is 0 Å². The zero-order chi connectivity index (χ0) is 41.4. The molecule has 4 aromatic heterocycles. The number of para-hydroxylation sites is 4. The molecule has 9 aromatic carbocycles. The van der Waals surface area contributed by atoms with Gasteiger partial charge in [-0.2, -0.15) is 0 Å². The lowest BCUT2D eigenvalue weighted by Crippen LogP contribution is -2.02. The van der Waals surface area contributed by atoms with Crippen LogP contribution in [0.4, 0.5) is 0 Å². The minimum absolute atomic E-state index is 0.570. The van der Waals surface area contributed by atoms with E-state index in [4.69, 9.17) is 19.4 Å². The predicted octanol–water partition coefficient (Wildman–Crippen LogP) is 14.6. The average molecular weight is 806 g/mol. The van der Waals surface area contributed by atoms with E-state index in [-0.39, 0.29) is 0 Å². The fourth-order valence-corrected chi connectivity index (χ4v) is 9.46. The van der Waals surface area contributed by atoms with Crippen molar-refractivity contribution in [2.75, 3.05) is 0 Å². The van der Waals surface area contributed by atoms with Gasteiger partial charge in [-0.25, -0.2) is 15.0 Å². The van der Waals surface area contributed by atoms with E-state index in [0.717, 1.165) is 72.2 Å². The van der Waals surface area contributed by atoms with Crippen LogP contribution in [0.2, 0.25) is 0 Å². The Balaban J connectivity index is 1.06. The molecule has 0 atom stereocenters. The molecule has 0 aliphatic carbocycles. The predicted molar refractivity (Wildman–Crippen MR) is 258 cm³/mol. The van der Waals surface area contributed by atoms with E-state index < -0.39 is 0 Å². The van der Waals surface area contributed by atoms with E-state index in [0.29, 0.717) is 17.5 Å². The molecule has 0 unspecified atom stereocenters. The number of aromatic nitrogens is 5. The maximum absolute atomic E-state index is 6.34. The van der Waals surface area contributed by atoms with Gasteiger partial charge < -0.3 is 13.6 Å². The van der Waals surface area contributed by atoms with Crippen LogP contribution in [0.5, 0.6) is 0 Å². The highest BCUT2D eigenvalue weighted by Crippen LogP contribution is 2.39. The van der Waals surface area contributed by atoms with E-state index in [1.54, 1.807) is 0 Å². The Kier molecular flexibility index (Phi) is 7.80.